The predicted molar refractivity (Wildman–Crippen MR) is 93.7 cm³/mol. The number of hydrogen-bond donors (Lipinski definition) is 1. The van der Waals surface area contributed by atoms with E-state index in [9.17, 15) is 12.8 Å². The normalized spacial score (nSPS) is 27.5. The van der Waals surface area contributed by atoms with E-state index in [2.05, 4.69) is 19.9 Å². The second-order valence-electron chi connectivity index (χ2n) is 7.06. The van der Waals surface area contributed by atoms with Crippen molar-refractivity contribution in [2.75, 3.05) is 30.8 Å². The first-order valence-electron chi connectivity index (χ1n) is 8.57. The van der Waals surface area contributed by atoms with Crippen LogP contribution in [0.2, 0.25) is 0 Å². The molecule has 2 aromatic heterocycles. The molecule has 25 heavy (non-hydrogen) atoms. The molecule has 7 nitrogen and oxygen atoms in total. The molecule has 4 rings (SSSR count). The van der Waals surface area contributed by atoms with Gasteiger partial charge in [-0.3, -0.25) is 0 Å². The highest BCUT2D eigenvalue weighted by Crippen LogP contribution is 2.36. The molecule has 2 fully saturated rings. The predicted octanol–water partition coefficient (Wildman–Crippen LogP) is 1.55. The Kier molecular flexibility index (Phi) is 4.15. The Balaban J connectivity index is 1.38. The van der Waals surface area contributed by atoms with Gasteiger partial charge in [0.05, 0.1) is 11.1 Å². The maximum absolute atomic E-state index is 13.3. The molecule has 1 aliphatic heterocycles. The van der Waals surface area contributed by atoms with Crippen LogP contribution in [0.5, 0.6) is 0 Å². The van der Waals surface area contributed by atoms with E-state index in [1.165, 1.54) is 10.6 Å². The highest BCUT2D eigenvalue weighted by atomic mass is 32.2. The molecule has 2 aromatic rings. The minimum absolute atomic E-state index is 0.0186. The largest absolute Gasteiger partial charge is 0.356 e. The molecule has 0 unspecified atom stereocenters. The van der Waals surface area contributed by atoms with Crippen molar-refractivity contribution in [1.29, 1.82) is 0 Å². The molecule has 1 atom stereocenters. The summed E-state index contributed by atoms with van der Waals surface area (Å²) in [6.07, 6.45) is 4.27. The van der Waals surface area contributed by atoms with Crippen LogP contribution in [0.4, 0.5) is 10.2 Å². The van der Waals surface area contributed by atoms with Gasteiger partial charge in [-0.25, -0.2) is 22.8 Å². The van der Waals surface area contributed by atoms with Gasteiger partial charge in [0.1, 0.15) is 24.0 Å². The molecule has 1 N–H and O–H groups in total. The fraction of sp³-hybridized carbons (Fsp3) is 0.625. The van der Waals surface area contributed by atoms with E-state index in [-0.39, 0.29) is 24.3 Å². The Morgan fingerprint density at radius 2 is 2.20 bits per heavy atom. The fourth-order valence-electron chi connectivity index (χ4n) is 3.81. The number of rotatable bonds is 5. The molecule has 2 aliphatic rings. The maximum atomic E-state index is 13.3. The molecular weight excluding hydrogens is 345 g/mol. The third-order valence-corrected chi connectivity index (χ3v) is 7.37. The SMILES string of the molecule is CN(c1ncnc2[nH]ccc12)C1CC(CS(=O)(=O)N2CC[C@@H](F)C2)C1. The molecule has 136 valence electrons. The van der Waals surface area contributed by atoms with Gasteiger partial charge in [-0.05, 0) is 31.2 Å². The van der Waals surface area contributed by atoms with Crippen molar-refractivity contribution in [2.24, 2.45) is 5.92 Å². The van der Waals surface area contributed by atoms with Crippen LogP contribution < -0.4 is 4.90 Å². The summed E-state index contributed by atoms with van der Waals surface area (Å²) in [5, 5.41) is 0.965. The fourth-order valence-corrected chi connectivity index (χ4v) is 5.66. The van der Waals surface area contributed by atoms with Gasteiger partial charge >= 0.3 is 0 Å². The van der Waals surface area contributed by atoms with Crippen molar-refractivity contribution < 1.29 is 12.8 Å². The van der Waals surface area contributed by atoms with Crippen molar-refractivity contribution in [3.05, 3.63) is 18.6 Å². The molecule has 0 amide bonds. The number of H-pyrrole nitrogens is 1. The first-order chi connectivity index (χ1) is 11.9. The van der Waals surface area contributed by atoms with E-state index in [0.29, 0.717) is 13.0 Å². The number of anilines is 1. The number of alkyl halides is 1. The topological polar surface area (TPSA) is 82.2 Å². The van der Waals surface area contributed by atoms with E-state index in [1.54, 1.807) is 0 Å². The highest BCUT2D eigenvalue weighted by Gasteiger charge is 2.39. The molecule has 1 aliphatic carbocycles. The number of aromatic nitrogens is 3. The summed E-state index contributed by atoms with van der Waals surface area (Å²) in [4.78, 5) is 13.7. The lowest BCUT2D eigenvalue weighted by atomic mass is 9.81. The Morgan fingerprint density at radius 1 is 1.40 bits per heavy atom. The van der Waals surface area contributed by atoms with Crippen LogP contribution in [-0.4, -0.2) is 65.8 Å². The van der Waals surface area contributed by atoms with Crippen LogP contribution in [0.3, 0.4) is 0 Å². The summed E-state index contributed by atoms with van der Waals surface area (Å²) in [7, 11) is -1.36. The molecule has 0 aromatic carbocycles. The lowest BCUT2D eigenvalue weighted by Gasteiger charge is -2.42. The smallest absolute Gasteiger partial charge is 0.214 e. The van der Waals surface area contributed by atoms with Crippen LogP contribution in [0.1, 0.15) is 19.3 Å². The third-order valence-electron chi connectivity index (χ3n) is 5.36. The summed E-state index contributed by atoms with van der Waals surface area (Å²) < 4.78 is 39.4. The van der Waals surface area contributed by atoms with E-state index in [4.69, 9.17) is 0 Å². The summed E-state index contributed by atoms with van der Waals surface area (Å²) in [6.45, 7) is 0.330. The van der Waals surface area contributed by atoms with E-state index >= 15 is 0 Å². The quantitative estimate of drug-likeness (QED) is 0.867. The van der Waals surface area contributed by atoms with Gasteiger partial charge in [-0.1, -0.05) is 0 Å². The summed E-state index contributed by atoms with van der Waals surface area (Å²) in [5.74, 6) is 1.10. The zero-order chi connectivity index (χ0) is 17.6. The summed E-state index contributed by atoms with van der Waals surface area (Å²) in [5.41, 5.74) is 0.796. The molecule has 0 spiro atoms. The van der Waals surface area contributed by atoms with Gasteiger partial charge in [0.25, 0.3) is 0 Å². The molecule has 9 heteroatoms. The summed E-state index contributed by atoms with van der Waals surface area (Å²) >= 11 is 0. The number of fused-ring (bicyclic) bond motifs is 1. The number of sulfonamides is 1. The molecule has 3 heterocycles. The molecule has 1 saturated heterocycles. The summed E-state index contributed by atoms with van der Waals surface area (Å²) in [6, 6.07) is 2.21. The van der Waals surface area contributed by atoms with Crippen LogP contribution in [0.15, 0.2) is 18.6 Å². The van der Waals surface area contributed by atoms with Gasteiger partial charge in [0.2, 0.25) is 10.0 Å². The monoisotopic (exact) mass is 367 g/mol. The Bertz CT molecular complexity index is 864. The van der Waals surface area contributed by atoms with Gasteiger partial charge in [0.15, 0.2) is 0 Å². The molecular formula is C16H22FN5O2S. The Hall–Kier alpha value is -1.74. The van der Waals surface area contributed by atoms with Crippen LogP contribution in [0, 0.1) is 5.92 Å². The zero-order valence-corrected chi connectivity index (χ0v) is 14.9. The number of nitrogens with one attached hydrogen (secondary N) is 1. The Labute approximate surface area is 146 Å². The average Bonchev–Trinajstić information content (AvgIpc) is 3.18. The maximum Gasteiger partial charge on any atom is 0.214 e. The van der Waals surface area contributed by atoms with Gasteiger partial charge in [-0.15, -0.1) is 0 Å². The number of aromatic amines is 1. The van der Waals surface area contributed by atoms with Gasteiger partial charge < -0.3 is 9.88 Å². The first kappa shape index (κ1) is 16.7. The van der Waals surface area contributed by atoms with E-state index < -0.39 is 16.2 Å². The molecule has 0 radical (unpaired) electrons. The molecule has 0 bridgehead atoms. The minimum atomic E-state index is -3.35. The minimum Gasteiger partial charge on any atom is -0.356 e. The van der Waals surface area contributed by atoms with Crippen LogP contribution in [-0.2, 0) is 10.0 Å². The van der Waals surface area contributed by atoms with E-state index in [0.717, 1.165) is 29.7 Å². The first-order valence-corrected chi connectivity index (χ1v) is 10.2. The lowest BCUT2D eigenvalue weighted by Crippen LogP contribution is -2.46. The van der Waals surface area contributed by atoms with E-state index in [1.807, 2.05) is 19.3 Å². The van der Waals surface area contributed by atoms with Gasteiger partial charge in [-0.2, -0.15) is 4.31 Å². The van der Waals surface area contributed by atoms with Crippen molar-refractivity contribution in [1.82, 2.24) is 19.3 Å². The highest BCUT2D eigenvalue weighted by molar-refractivity contribution is 7.89. The molecule has 1 saturated carbocycles. The van der Waals surface area contributed by atoms with Crippen molar-refractivity contribution in [3.63, 3.8) is 0 Å². The third kappa shape index (κ3) is 3.10. The second kappa shape index (κ2) is 6.21. The number of hydrogen-bond acceptors (Lipinski definition) is 5. The van der Waals surface area contributed by atoms with Crippen LogP contribution in [0.25, 0.3) is 11.0 Å². The standard InChI is InChI=1S/C16H22FN5O2S/c1-21(16-14-2-4-18-15(14)19-10-20-16)13-6-11(7-13)9-25(23,24)22-5-3-12(17)8-22/h2,4,10-13H,3,5-9H2,1H3,(H,18,19,20)/t11?,12-,13?/m1/s1. The average molecular weight is 367 g/mol. The van der Waals surface area contributed by atoms with Gasteiger partial charge in [0, 0.05) is 32.4 Å². The van der Waals surface area contributed by atoms with Crippen molar-refractivity contribution >= 4 is 26.9 Å². The zero-order valence-electron chi connectivity index (χ0n) is 14.1. The number of nitrogens with zero attached hydrogens (tertiary/aromatic N) is 4. The van der Waals surface area contributed by atoms with Crippen molar-refractivity contribution in [3.8, 4) is 0 Å². The second-order valence-corrected chi connectivity index (χ2v) is 9.08. The lowest BCUT2D eigenvalue weighted by molar-refractivity contribution is 0.277. The van der Waals surface area contributed by atoms with Crippen LogP contribution >= 0.6 is 0 Å². The number of halogens is 1. The Morgan fingerprint density at radius 3 is 2.92 bits per heavy atom. The van der Waals surface area contributed by atoms with Crippen molar-refractivity contribution in [2.45, 2.75) is 31.5 Å².